The smallest absolute Gasteiger partial charge is 0.303 e. The van der Waals surface area contributed by atoms with E-state index >= 15 is 0 Å². The summed E-state index contributed by atoms with van der Waals surface area (Å²) in [5.41, 5.74) is 5.42. The Labute approximate surface area is 54.9 Å². The maximum atomic E-state index is 10.1. The molecule has 0 fully saturated rings. The lowest BCUT2D eigenvalue weighted by molar-refractivity contribution is -0.138. The zero-order valence-corrected chi connectivity index (χ0v) is 5.79. The molecular formula is C6H13NO2. The van der Waals surface area contributed by atoms with Gasteiger partial charge in [0.2, 0.25) is 0 Å². The molecule has 9 heavy (non-hydrogen) atoms. The van der Waals surface area contributed by atoms with Crippen molar-refractivity contribution < 1.29 is 9.90 Å². The third-order valence-electron chi connectivity index (χ3n) is 1.39. The molecule has 0 aromatic rings. The molecule has 0 aliphatic carbocycles. The van der Waals surface area contributed by atoms with Gasteiger partial charge in [0.25, 0.3) is 0 Å². The molecule has 54 valence electrons. The minimum Gasteiger partial charge on any atom is -0.481 e. The summed E-state index contributed by atoms with van der Waals surface area (Å²) in [5.74, 6) is -0.706. The molecule has 0 aliphatic rings. The molecule has 0 bridgehead atoms. The molecule has 0 saturated heterocycles. The molecule has 2 atom stereocenters. The van der Waals surface area contributed by atoms with Gasteiger partial charge >= 0.3 is 5.97 Å². The van der Waals surface area contributed by atoms with Crippen LogP contribution in [0.4, 0.5) is 0 Å². The van der Waals surface area contributed by atoms with Crippen LogP contribution in [0, 0.1) is 5.92 Å². The highest BCUT2D eigenvalue weighted by Gasteiger charge is 2.10. The predicted molar refractivity (Wildman–Crippen MR) is 35.1 cm³/mol. The SMILES string of the molecule is C[C@H](CC(=O)O)[C@@H](C)N. The molecule has 0 saturated carbocycles. The van der Waals surface area contributed by atoms with Crippen molar-refractivity contribution in [1.82, 2.24) is 0 Å². The summed E-state index contributed by atoms with van der Waals surface area (Å²) in [4.78, 5) is 10.1. The van der Waals surface area contributed by atoms with Crippen LogP contribution < -0.4 is 5.73 Å². The highest BCUT2D eigenvalue weighted by atomic mass is 16.4. The van der Waals surface area contributed by atoms with Crippen LogP contribution in [0.1, 0.15) is 20.3 Å². The standard InChI is InChI=1S/C6H13NO2/c1-4(5(2)7)3-6(8)9/h4-5H,3,7H2,1-2H3,(H,8,9)/t4-,5-/m1/s1. The van der Waals surface area contributed by atoms with Crippen LogP contribution in [0.5, 0.6) is 0 Å². The van der Waals surface area contributed by atoms with Crippen LogP contribution in [0.3, 0.4) is 0 Å². The van der Waals surface area contributed by atoms with Crippen molar-refractivity contribution in [3.8, 4) is 0 Å². The Morgan fingerprint density at radius 3 is 2.22 bits per heavy atom. The maximum absolute atomic E-state index is 10.1. The molecule has 3 heteroatoms. The van der Waals surface area contributed by atoms with E-state index in [2.05, 4.69) is 0 Å². The van der Waals surface area contributed by atoms with E-state index in [-0.39, 0.29) is 18.4 Å². The van der Waals surface area contributed by atoms with Gasteiger partial charge in [-0.3, -0.25) is 4.79 Å². The number of aliphatic carboxylic acids is 1. The lowest BCUT2D eigenvalue weighted by Crippen LogP contribution is -2.26. The van der Waals surface area contributed by atoms with Crippen molar-refractivity contribution in [1.29, 1.82) is 0 Å². The highest BCUT2D eigenvalue weighted by Crippen LogP contribution is 2.04. The molecule has 0 rings (SSSR count). The first-order valence-electron chi connectivity index (χ1n) is 3.01. The second-order valence-electron chi connectivity index (χ2n) is 2.43. The number of nitrogens with two attached hydrogens (primary N) is 1. The lowest BCUT2D eigenvalue weighted by Gasteiger charge is -2.11. The average Bonchev–Trinajstić information content (AvgIpc) is 1.63. The van der Waals surface area contributed by atoms with Crippen molar-refractivity contribution in [2.24, 2.45) is 11.7 Å². The van der Waals surface area contributed by atoms with Gasteiger partial charge in [0.15, 0.2) is 0 Å². The Kier molecular flexibility index (Phi) is 3.24. The van der Waals surface area contributed by atoms with E-state index < -0.39 is 5.97 Å². The van der Waals surface area contributed by atoms with Gasteiger partial charge in [0, 0.05) is 12.5 Å². The predicted octanol–water partition coefficient (Wildman–Crippen LogP) is 0.444. The van der Waals surface area contributed by atoms with Crippen molar-refractivity contribution in [2.75, 3.05) is 0 Å². The number of carboxylic acid groups (broad SMARTS) is 1. The van der Waals surface area contributed by atoms with E-state index in [0.29, 0.717) is 0 Å². The van der Waals surface area contributed by atoms with Gasteiger partial charge in [-0.05, 0) is 12.8 Å². The van der Waals surface area contributed by atoms with E-state index in [9.17, 15) is 4.79 Å². The van der Waals surface area contributed by atoms with E-state index in [1.165, 1.54) is 0 Å². The van der Waals surface area contributed by atoms with Gasteiger partial charge < -0.3 is 10.8 Å². The normalized spacial score (nSPS) is 16.8. The van der Waals surface area contributed by atoms with Gasteiger partial charge in [0.1, 0.15) is 0 Å². The molecule has 0 aromatic carbocycles. The average molecular weight is 131 g/mol. The monoisotopic (exact) mass is 131 g/mol. The first kappa shape index (κ1) is 8.43. The Bertz CT molecular complexity index is 101. The summed E-state index contributed by atoms with van der Waals surface area (Å²) >= 11 is 0. The van der Waals surface area contributed by atoms with Gasteiger partial charge in [-0.2, -0.15) is 0 Å². The molecule has 0 amide bonds. The largest absolute Gasteiger partial charge is 0.481 e. The molecule has 0 aliphatic heterocycles. The number of carboxylic acids is 1. The quantitative estimate of drug-likeness (QED) is 0.584. The van der Waals surface area contributed by atoms with Crippen LogP contribution >= 0.6 is 0 Å². The van der Waals surface area contributed by atoms with E-state index in [4.69, 9.17) is 10.8 Å². The Morgan fingerprint density at radius 2 is 2.11 bits per heavy atom. The van der Waals surface area contributed by atoms with E-state index in [0.717, 1.165) is 0 Å². The topological polar surface area (TPSA) is 63.3 Å². The molecule has 3 nitrogen and oxygen atoms in total. The lowest BCUT2D eigenvalue weighted by atomic mass is 10.0. The molecule has 3 N–H and O–H groups in total. The van der Waals surface area contributed by atoms with E-state index in [1.54, 1.807) is 0 Å². The van der Waals surface area contributed by atoms with E-state index in [1.807, 2.05) is 13.8 Å². The van der Waals surface area contributed by atoms with Crippen LogP contribution in [0.15, 0.2) is 0 Å². The van der Waals surface area contributed by atoms with Crippen LogP contribution in [-0.2, 0) is 4.79 Å². The Balaban J connectivity index is 3.50. The first-order valence-corrected chi connectivity index (χ1v) is 3.01. The third kappa shape index (κ3) is 3.97. The van der Waals surface area contributed by atoms with Crippen LogP contribution in [0.2, 0.25) is 0 Å². The van der Waals surface area contributed by atoms with Gasteiger partial charge in [-0.15, -0.1) is 0 Å². The van der Waals surface area contributed by atoms with Crippen LogP contribution in [0.25, 0.3) is 0 Å². The summed E-state index contributed by atoms with van der Waals surface area (Å²) in [7, 11) is 0. The summed E-state index contributed by atoms with van der Waals surface area (Å²) in [6, 6.07) is -0.0268. The highest BCUT2D eigenvalue weighted by molar-refractivity contribution is 5.67. The molecule has 0 aromatic heterocycles. The zero-order valence-electron chi connectivity index (χ0n) is 5.79. The zero-order chi connectivity index (χ0) is 7.44. The third-order valence-corrected chi connectivity index (χ3v) is 1.39. The summed E-state index contributed by atoms with van der Waals surface area (Å²) in [6.07, 6.45) is 0.164. The minimum absolute atomic E-state index is 0.0268. The number of hydrogen-bond acceptors (Lipinski definition) is 2. The molecule has 0 spiro atoms. The fourth-order valence-electron chi connectivity index (χ4n) is 0.461. The Hall–Kier alpha value is -0.570. The summed E-state index contributed by atoms with van der Waals surface area (Å²) < 4.78 is 0. The second-order valence-corrected chi connectivity index (χ2v) is 2.43. The van der Waals surface area contributed by atoms with Crippen LogP contribution in [-0.4, -0.2) is 17.1 Å². The fourth-order valence-corrected chi connectivity index (χ4v) is 0.461. The minimum atomic E-state index is -0.778. The number of hydrogen-bond donors (Lipinski definition) is 2. The maximum Gasteiger partial charge on any atom is 0.303 e. The van der Waals surface area contributed by atoms with Crippen molar-refractivity contribution in [2.45, 2.75) is 26.3 Å². The first-order chi connectivity index (χ1) is 4.04. The molecule has 0 unspecified atom stereocenters. The van der Waals surface area contributed by atoms with Crippen molar-refractivity contribution in [3.05, 3.63) is 0 Å². The summed E-state index contributed by atoms with van der Waals surface area (Å²) in [6.45, 7) is 3.65. The Morgan fingerprint density at radius 1 is 1.67 bits per heavy atom. The van der Waals surface area contributed by atoms with Crippen molar-refractivity contribution in [3.63, 3.8) is 0 Å². The summed E-state index contributed by atoms with van der Waals surface area (Å²) in [5, 5.41) is 8.28. The van der Waals surface area contributed by atoms with Crippen molar-refractivity contribution >= 4 is 5.97 Å². The molecule has 0 radical (unpaired) electrons. The van der Waals surface area contributed by atoms with Gasteiger partial charge in [0.05, 0.1) is 0 Å². The number of rotatable bonds is 3. The fraction of sp³-hybridized carbons (Fsp3) is 0.833. The van der Waals surface area contributed by atoms with Gasteiger partial charge in [-0.1, -0.05) is 6.92 Å². The number of carbonyl (C=O) groups is 1. The van der Waals surface area contributed by atoms with Gasteiger partial charge in [-0.25, -0.2) is 0 Å². The molecule has 0 heterocycles. The second kappa shape index (κ2) is 3.45. The molecular weight excluding hydrogens is 118 g/mol.